The smallest absolute Gasteiger partial charge is 0.344 e. The quantitative estimate of drug-likeness (QED) is 0.0787. The van der Waals surface area contributed by atoms with Gasteiger partial charge in [-0.2, -0.15) is 0 Å². The molecular formula is C53H84N2O15. The lowest BCUT2D eigenvalue weighted by atomic mass is 9.78. The average Bonchev–Trinajstić information content (AvgIpc) is 3.32. The topological polar surface area (TPSA) is 240 Å². The number of piperidine rings is 1. The van der Waals surface area contributed by atoms with Gasteiger partial charge in [0.15, 0.2) is 0 Å². The Morgan fingerprint density at radius 3 is 2.27 bits per heavy atom. The fourth-order valence-corrected chi connectivity index (χ4v) is 10.6. The Morgan fingerprint density at radius 1 is 0.871 bits per heavy atom. The molecule has 1 aliphatic carbocycles. The summed E-state index contributed by atoms with van der Waals surface area (Å²) in [5, 5.41) is 59.8. The van der Waals surface area contributed by atoms with Crippen LogP contribution in [0, 0.1) is 35.5 Å². The van der Waals surface area contributed by atoms with Gasteiger partial charge in [0, 0.05) is 58.5 Å². The van der Waals surface area contributed by atoms with Crippen LogP contribution in [-0.4, -0.2) is 155 Å². The highest BCUT2D eigenvalue weighted by Crippen LogP contribution is 2.38. The molecule has 17 nitrogen and oxygen atoms in total. The maximum atomic E-state index is 14.5. The SMILES string of the molecule is CO[C@H]1C[C@@H]2CC[C@@H](C)[C@@](O)(O2)C(=O)C(=O)N2CCCC[C@H]2C(=O)O[C@H]([C@H](C)C[C@@H]2CC[C@@H](O)[C@H](OC)C2)C[C@@H](O)[C@H](C)/C=C(\C)[C@@H](O)[C@@H](OC)/C(=N\OCC(=O)O)[C@H](C)C[C@H](C)/C=C/C=C/C=C/1C. The Bertz CT molecular complexity index is 1880. The largest absolute Gasteiger partial charge is 0.479 e. The number of aliphatic carboxylic acids is 1. The van der Waals surface area contributed by atoms with Gasteiger partial charge in [0.05, 0.1) is 36.2 Å². The summed E-state index contributed by atoms with van der Waals surface area (Å²) < 4.78 is 29.8. The van der Waals surface area contributed by atoms with Gasteiger partial charge in [-0.05, 0) is 107 Å². The fraction of sp³-hybridized carbons (Fsp3) is 0.755. The van der Waals surface area contributed by atoms with Crippen LogP contribution in [0.3, 0.4) is 0 Å². The van der Waals surface area contributed by atoms with Crippen molar-refractivity contribution in [3.8, 4) is 0 Å². The van der Waals surface area contributed by atoms with E-state index in [4.69, 9.17) is 28.5 Å². The van der Waals surface area contributed by atoms with E-state index in [9.17, 15) is 44.7 Å². The summed E-state index contributed by atoms with van der Waals surface area (Å²) in [5.41, 5.74) is 1.61. The van der Waals surface area contributed by atoms with Crippen LogP contribution in [0.1, 0.15) is 126 Å². The van der Waals surface area contributed by atoms with Gasteiger partial charge in [0.1, 0.15) is 24.4 Å². The number of oxime groups is 1. The molecular weight excluding hydrogens is 905 g/mol. The van der Waals surface area contributed by atoms with Crippen LogP contribution in [-0.2, 0) is 47.7 Å². The normalized spacial score (nSPS) is 39.9. The van der Waals surface area contributed by atoms with Crippen LogP contribution < -0.4 is 0 Å². The number of hydrogen-bond donors (Lipinski definition) is 5. The lowest BCUT2D eigenvalue weighted by Gasteiger charge is -2.43. The molecule has 0 aromatic heterocycles. The zero-order chi connectivity index (χ0) is 51.9. The second kappa shape index (κ2) is 27.9. The molecule has 70 heavy (non-hydrogen) atoms. The minimum Gasteiger partial charge on any atom is -0.479 e. The van der Waals surface area contributed by atoms with Crippen LogP contribution in [0.15, 0.2) is 52.8 Å². The summed E-state index contributed by atoms with van der Waals surface area (Å²) >= 11 is 0. The van der Waals surface area contributed by atoms with E-state index >= 15 is 0 Å². The first-order valence-electron chi connectivity index (χ1n) is 25.3. The molecule has 5 N–H and O–H groups in total. The Balaban J connectivity index is 1.75. The number of allylic oxidation sites excluding steroid dienone is 5. The molecule has 3 heterocycles. The van der Waals surface area contributed by atoms with Crippen molar-refractivity contribution in [2.75, 3.05) is 34.5 Å². The lowest BCUT2D eigenvalue weighted by Crippen LogP contribution is -2.61. The van der Waals surface area contributed by atoms with E-state index in [-0.39, 0.29) is 49.2 Å². The first-order valence-corrected chi connectivity index (χ1v) is 25.3. The molecule has 0 radical (unpaired) electrons. The van der Waals surface area contributed by atoms with E-state index in [0.29, 0.717) is 69.1 Å². The van der Waals surface area contributed by atoms with Gasteiger partial charge in [-0.1, -0.05) is 76.2 Å². The first-order chi connectivity index (χ1) is 33.1. The van der Waals surface area contributed by atoms with Gasteiger partial charge >= 0.3 is 11.9 Å². The van der Waals surface area contributed by atoms with Crippen LogP contribution in [0.5, 0.6) is 0 Å². The lowest BCUT2D eigenvalue weighted by molar-refractivity contribution is -0.265. The van der Waals surface area contributed by atoms with Gasteiger partial charge in [0.2, 0.25) is 12.4 Å². The maximum Gasteiger partial charge on any atom is 0.344 e. The number of cyclic esters (lactones) is 1. The van der Waals surface area contributed by atoms with Crippen LogP contribution in [0.2, 0.25) is 0 Å². The summed E-state index contributed by atoms with van der Waals surface area (Å²) in [6.07, 6.45) is 10.5. The van der Waals surface area contributed by atoms with Crippen LogP contribution in [0.25, 0.3) is 0 Å². The van der Waals surface area contributed by atoms with Gasteiger partial charge < -0.3 is 59.0 Å². The Kier molecular flexibility index (Phi) is 23.4. The number of rotatable bonds is 9. The molecule has 2 bridgehead atoms. The van der Waals surface area contributed by atoms with Gasteiger partial charge in [-0.25, -0.2) is 9.59 Å². The molecule has 16 atom stereocenters. The van der Waals surface area contributed by atoms with Gasteiger partial charge in [-0.15, -0.1) is 0 Å². The number of aliphatic hydroxyl groups is 4. The second-order valence-corrected chi connectivity index (χ2v) is 20.6. The number of esters is 1. The monoisotopic (exact) mass is 989 g/mol. The summed E-state index contributed by atoms with van der Waals surface area (Å²) in [6.45, 7) is 12.3. The first kappa shape index (κ1) is 58.8. The van der Waals surface area contributed by atoms with Crippen molar-refractivity contribution in [2.24, 2.45) is 40.7 Å². The highest BCUT2D eigenvalue weighted by molar-refractivity contribution is 6.39. The summed E-state index contributed by atoms with van der Waals surface area (Å²) in [7, 11) is 4.56. The van der Waals surface area contributed by atoms with E-state index < -0.39 is 96.6 Å². The number of carboxylic acid groups (broad SMARTS) is 1. The molecule has 2 saturated heterocycles. The fourth-order valence-electron chi connectivity index (χ4n) is 10.6. The Labute approximate surface area is 415 Å². The number of methoxy groups -OCH3 is 3. The molecule has 4 rings (SSSR count). The van der Waals surface area contributed by atoms with E-state index in [1.807, 2.05) is 58.1 Å². The molecule has 1 saturated carbocycles. The molecule has 3 aliphatic heterocycles. The number of fused-ring (bicyclic) bond motifs is 3. The Hall–Kier alpha value is -3.81. The van der Waals surface area contributed by atoms with Crippen LogP contribution >= 0.6 is 0 Å². The van der Waals surface area contributed by atoms with E-state index in [0.717, 1.165) is 12.0 Å². The highest BCUT2D eigenvalue weighted by Gasteiger charge is 2.53. The molecule has 0 unspecified atom stereocenters. The zero-order valence-electron chi connectivity index (χ0n) is 43.2. The number of Topliss-reactive ketones (excluding diaryl/α,β-unsaturated/α-hetero) is 1. The maximum absolute atomic E-state index is 14.5. The van der Waals surface area contributed by atoms with Gasteiger partial charge in [-0.3, -0.25) is 9.59 Å². The van der Waals surface area contributed by atoms with E-state index in [1.54, 1.807) is 41.1 Å². The number of carbonyl (C=O) groups is 4. The molecule has 0 spiro atoms. The van der Waals surface area contributed by atoms with Crippen molar-refractivity contribution < 1.29 is 73.2 Å². The van der Waals surface area contributed by atoms with Crippen molar-refractivity contribution in [2.45, 2.75) is 186 Å². The molecule has 0 aromatic rings. The number of nitrogens with zero attached hydrogens (tertiary/aromatic N) is 2. The number of carboxylic acids is 1. The van der Waals surface area contributed by atoms with Crippen molar-refractivity contribution in [3.63, 3.8) is 0 Å². The number of amides is 1. The molecule has 396 valence electrons. The van der Waals surface area contributed by atoms with E-state index in [2.05, 4.69) is 5.16 Å². The van der Waals surface area contributed by atoms with Gasteiger partial charge in [0.25, 0.3) is 11.7 Å². The summed E-state index contributed by atoms with van der Waals surface area (Å²) in [5.74, 6) is -8.39. The minimum absolute atomic E-state index is 0.00546. The number of ketones is 1. The van der Waals surface area contributed by atoms with Crippen molar-refractivity contribution in [1.82, 2.24) is 4.90 Å². The van der Waals surface area contributed by atoms with Crippen molar-refractivity contribution >= 4 is 29.3 Å². The standard InChI is InChI=1S/C53H84N2O15/c1-31-16-12-11-13-17-32(2)43(65-8)28-39-21-19-37(7)53(64,70-39)50(61)51(62)55-23-15-14-18-40(55)52(63)69-44(34(4)26-38-20-22-41(56)45(27-38)66-9)29-42(57)33(3)25-36(6)48(60)49(67-10)47(35(5)24-31)54-68-30-46(58)59/h11-13,16-17,25,31,33-35,37-45,48-49,56-57,60,64H,14-15,18-24,26-30H2,1-10H3,(H,58,59)/b13-11+,16-12+,32-17+,36-25+,54-47-/t31-,33-,34-,35-,37-,38+,39+,40+,41-,42-,43+,44+,45-,48-,49+,53-/m1/s1. The van der Waals surface area contributed by atoms with Crippen molar-refractivity contribution in [1.29, 1.82) is 0 Å². The number of ether oxygens (including phenoxy) is 5. The van der Waals surface area contributed by atoms with Crippen molar-refractivity contribution in [3.05, 3.63) is 47.6 Å². The third-order valence-corrected chi connectivity index (χ3v) is 15.1. The third-order valence-electron chi connectivity index (χ3n) is 15.1. The molecule has 3 fully saturated rings. The molecule has 0 aromatic carbocycles. The summed E-state index contributed by atoms with van der Waals surface area (Å²) in [6, 6.07) is -1.14. The highest BCUT2D eigenvalue weighted by atomic mass is 16.6. The predicted molar refractivity (Wildman–Crippen MR) is 262 cm³/mol. The minimum atomic E-state index is -2.44. The second-order valence-electron chi connectivity index (χ2n) is 20.6. The molecule has 1 amide bonds. The molecule has 17 heteroatoms. The van der Waals surface area contributed by atoms with Crippen LogP contribution in [0.4, 0.5) is 0 Å². The van der Waals surface area contributed by atoms with E-state index in [1.165, 1.54) is 12.0 Å². The predicted octanol–water partition coefficient (Wildman–Crippen LogP) is 5.86. The molecule has 4 aliphatic rings. The number of hydrogen-bond acceptors (Lipinski definition) is 15. The average molecular weight is 989 g/mol. The zero-order valence-corrected chi connectivity index (χ0v) is 43.2. The number of aliphatic hydroxyl groups excluding tert-OH is 3. The number of carbonyl (C=O) groups excluding carboxylic acids is 3. The Morgan fingerprint density at radius 2 is 1.60 bits per heavy atom. The third kappa shape index (κ3) is 16.1. The summed E-state index contributed by atoms with van der Waals surface area (Å²) in [4.78, 5) is 60.9.